The molecule has 0 aromatic carbocycles. The molecular formula is C11H7BrFN2O+. The molecule has 3 nitrogen and oxygen atoms in total. The molecule has 0 N–H and O–H groups in total. The summed E-state index contributed by atoms with van der Waals surface area (Å²) >= 11 is 3.24. The van der Waals surface area contributed by atoms with Gasteiger partial charge in [0, 0.05) is 12.3 Å². The number of pyridine rings is 2. The average molecular weight is 282 g/mol. The van der Waals surface area contributed by atoms with Crippen LogP contribution in [0.3, 0.4) is 0 Å². The molecule has 5 heteroatoms. The second-order valence-electron chi connectivity index (χ2n) is 3.08. The van der Waals surface area contributed by atoms with E-state index in [9.17, 15) is 9.18 Å². The first kappa shape index (κ1) is 10.9. The number of carbonyl (C=O) groups excluding carboxylic acids is 1. The molecule has 0 aliphatic carbocycles. The standard InChI is InChI=1S/C11H7BrFN2O/c12-8-3-2-6-15(7-8)11(16)9-4-1-5-14-10(9)13/h1-7H/q+1. The lowest BCUT2D eigenvalue weighted by Gasteiger charge is -1.96. The summed E-state index contributed by atoms with van der Waals surface area (Å²) in [6.45, 7) is 0. The van der Waals surface area contributed by atoms with E-state index in [2.05, 4.69) is 20.9 Å². The summed E-state index contributed by atoms with van der Waals surface area (Å²) in [5.74, 6) is -1.22. The zero-order valence-corrected chi connectivity index (χ0v) is 9.69. The van der Waals surface area contributed by atoms with Crippen molar-refractivity contribution in [1.29, 1.82) is 0 Å². The maximum Gasteiger partial charge on any atom is 0.429 e. The molecule has 0 unspecified atom stereocenters. The van der Waals surface area contributed by atoms with Crippen molar-refractivity contribution in [2.24, 2.45) is 0 Å². The second-order valence-corrected chi connectivity index (χ2v) is 3.99. The van der Waals surface area contributed by atoms with E-state index in [1.165, 1.54) is 22.9 Å². The molecule has 0 bridgehead atoms. The highest BCUT2D eigenvalue weighted by molar-refractivity contribution is 9.10. The van der Waals surface area contributed by atoms with E-state index in [4.69, 9.17) is 0 Å². The lowest BCUT2D eigenvalue weighted by Crippen LogP contribution is -2.42. The smallest absolute Gasteiger partial charge is 0.227 e. The van der Waals surface area contributed by atoms with Gasteiger partial charge >= 0.3 is 5.91 Å². The molecule has 0 saturated carbocycles. The zero-order chi connectivity index (χ0) is 11.5. The molecular weight excluding hydrogens is 275 g/mol. The average Bonchev–Trinajstić information content (AvgIpc) is 2.29. The van der Waals surface area contributed by atoms with Gasteiger partial charge in [0.1, 0.15) is 5.56 Å². The van der Waals surface area contributed by atoms with Crippen molar-refractivity contribution in [2.75, 3.05) is 0 Å². The van der Waals surface area contributed by atoms with Crippen LogP contribution in [-0.4, -0.2) is 10.9 Å². The predicted molar refractivity (Wildman–Crippen MR) is 58.3 cm³/mol. The number of rotatable bonds is 1. The van der Waals surface area contributed by atoms with Crippen LogP contribution in [0.5, 0.6) is 0 Å². The number of hydrogen-bond acceptors (Lipinski definition) is 2. The molecule has 2 rings (SSSR count). The Labute approximate surface area is 99.7 Å². The summed E-state index contributed by atoms with van der Waals surface area (Å²) in [5.41, 5.74) is -0.0504. The quantitative estimate of drug-likeness (QED) is 0.592. The lowest BCUT2D eigenvalue weighted by atomic mass is 10.2. The summed E-state index contributed by atoms with van der Waals surface area (Å²) in [6, 6.07) is 6.40. The molecule has 2 heterocycles. The van der Waals surface area contributed by atoms with Gasteiger partial charge in [-0.1, -0.05) is 0 Å². The van der Waals surface area contributed by atoms with Gasteiger partial charge in [-0.05, 0) is 34.1 Å². The molecule has 80 valence electrons. The highest BCUT2D eigenvalue weighted by Gasteiger charge is 2.21. The van der Waals surface area contributed by atoms with Crippen LogP contribution < -0.4 is 4.57 Å². The Bertz CT molecular complexity index is 545. The fraction of sp³-hybridized carbons (Fsp3) is 0. The Kier molecular flexibility index (Phi) is 3.05. The first-order valence-electron chi connectivity index (χ1n) is 4.50. The molecule has 16 heavy (non-hydrogen) atoms. The van der Waals surface area contributed by atoms with Gasteiger partial charge in [0.25, 0.3) is 0 Å². The highest BCUT2D eigenvalue weighted by Crippen LogP contribution is 2.06. The molecule has 0 aliphatic rings. The SMILES string of the molecule is O=C(c1cccnc1F)[n+]1cccc(Br)c1. The third-order valence-corrected chi connectivity index (χ3v) is 2.46. The van der Waals surface area contributed by atoms with Crippen molar-refractivity contribution < 1.29 is 13.8 Å². The van der Waals surface area contributed by atoms with Crippen LogP contribution >= 0.6 is 15.9 Å². The van der Waals surface area contributed by atoms with Gasteiger partial charge in [-0.2, -0.15) is 4.39 Å². The second kappa shape index (κ2) is 4.49. The highest BCUT2D eigenvalue weighted by atomic mass is 79.9. The van der Waals surface area contributed by atoms with E-state index in [1.54, 1.807) is 24.5 Å². The minimum Gasteiger partial charge on any atom is -0.227 e. The van der Waals surface area contributed by atoms with Crippen LogP contribution in [0.15, 0.2) is 47.3 Å². The molecule has 0 spiro atoms. The van der Waals surface area contributed by atoms with Crippen molar-refractivity contribution in [2.45, 2.75) is 0 Å². The van der Waals surface area contributed by atoms with Gasteiger partial charge in [-0.25, -0.2) is 9.78 Å². The van der Waals surface area contributed by atoms with E-state index in [0.717, 1.165) is 4.47 Å². The van der Waals surface area contributed by atoms with Gasteiger partial charge in [0.05, 0.1) is 4.47 Å². The molecule has 2 aromatic heterocycles. The molecule has 0 fully saturated rings. The maximum atomic E-state index is 13.3. The van der Waals surface area contributed by atoms with E-state index < -0.39 is 11.9 Å². The molecule has 0 amide bonds. The first-order chi connectivity index (χ1) is 7.68. The van der Waals surface area contributed by atoms with Gasteiger partial charge in [-0.15, -0.1) is 4.57 Å². The third-order valence-electron chi connectivity index (χ3n) is 1.99. The van der Waals surface area contributed by atoms with Crippen LogP contribution in [0.2, 0.25) is 0 Å². The maximum absolute atomic E-state index is 13.3. The van der Waals surface area contributed by atoms with Crippen molar-refractivity contribution in [3.05, 3.63) is 58.8 Å². The Morgan fingerprint density at radius 3 is 2.88 bits per heavy atom. The van der Waals surface area contributed by atoms with E-state index in [-0.39, 0.29) is 5.56 Å². The summed E-state index contributed by atoms with van der Waals surface area (Å²) in [5, 5.41) is 0. The summed E-state index contributed by atoms with van der Waals surface area (Å²) in [4.78, 5) is 15.3. The minimum atomic E-state index is -0.764. The number of aromatic nitrogens is 2. The van der Waals surface area contributed by atoms with Crippen LogP contribution in [0, 0.1) is 5.95 Å². The molecule has 0 radical (unpaired) electrons. The van der Waals surface area contributed by atoms with Crippen LogP contribution in [-0.2, 0) is 0 Å². The fourth-order valence-electron chi connectivity index (χ4n) is 1.26. The Balaban J connectivity index is 2.44. The summed E-state index contributed by atoms with van der Waals surface area (Å²) in [6.07, 6.45) is 4.42. The monoisotopic (exact) mass is 281 g/mol. The van der Waals surface area contributed by atoms with Gasteiger partial charge in [0.2, 0.25) is 5.95 Å². The third kappa shape index (κ3) is 2.14. The molecule has 0 aliphatic heterocycles. The predicted octanol–water partition coefficient (Wildman–Crippen LogP) is 1.96. The normalized spacial score (nSPS) is 10.1. The number of carbonyl (C=O) groups is 1. The molecule has 2 aromatic rings. The Morgan fingerprint density at radius 1 is 1.38 bits per heavy atom. The fourth-order valence-corrected chi connectivity index (χ4v) is 1.63. The molecule has 0 atom stereocenters. The van der Waals surface area contributed by atoms with E-state index >= 15 is 0 Å². The van der Waals surface area contributed by atoms with Gasteiger partial charge in [0.15, 0.2) is 12.4 Å². The molecule has 0 saturated heterocycles. The van der Waals surface area contributed by atoms with Gasteiger partial charge < -0.3 is 0 Å². The van der Waals surface area contributed by atoms with E-state index in [0.29, 0.717) is 0 Å². The van der Waals surface area contributed by atoms with E-state index in [1.807, 2.05) is 0 Å². The largest absolute Gasteiger partial charge is 0.429 e. The summed E-state index contributed by atoms with van der Waals surface area (Å²) < 4.78 is 15.3. The number of nitrogens with zero attached hydrogens (tertiary/aromatic N) is 2. The van der Waals surface area contributed by atoms with Crippen LogP contribution in [0.4, 0.5) is 4.39 Å². The Hall–Kier alpha value is -1.62. The Morgan fingerprint density at radius 2 is 2.19 bits per heavy atom. The summed E-state index contributed by atoms with van der Waals surface area (Å²) in [7, 11) is 0. The lowest BCUT2D eigenvalue weighted by molar-refractivity contribution is -0.571. The van der Waals surface area contributed by atoms with Crippen molar-refractivity contribution in [1.82, 2.24) is 4.98 Å². The number of hydrogen-bond donors (Lipinski definition) is 0. The minimum absolute atomic E-state index is 0.0504. The number of halogens is 2. The zero-order valence-electron chi connectivity index (χ0n) is 8.10. The van der Waals surface area contributed by atoms with Gasteiger partial charge in [-0.3, -0.25) is 0 Å². The first-order valence-corrected chi connectivity index (χ1v) is 5.30. The van der Waals surface area contributed by atoms with Crippen LogP contribution in [0.25, 0.3) is 0 Å². The topological polar surface area (TPSA) is 33.8 Å². The van der Waals surface area contributed by atoms with Crippen LogP contribution in [0.1, 0.15) is 10.4 Å². The van der Waals surface area contributed by atoms with Crippen molar-refractivity contribution in [3.63, 3.8) is 0 Å². The van der Waals surface area contributed by atoms with Crippen molar-refractivity contribution in [3.8, 4) is 0 Å². The van der Waals surface area contributed by atoms with Crippen molar-refractivity contribution >= 4 is 21.8 Å².